The van der Waals surface area contributed by atoms with Gasteiger partial charge in [0.15, 0.2) is 6.10 Å². The number of unbranched alkanes of at least 4 members (excludes halogenated alkanes) is 13. The number of allylic oxidation sites excluding steroid dienone is 12. The van der Waals surface area contributed by atoms with Crippen LogP contribution in [0, 0.1) is 0 Å². The van der Waals surface area contributed by atoms with Crippen molar-refractivity contribution in [2.45, 2.75) is 187 Å². The number of hydrogen-bond donors (Lipinski definition) is 1. The van der Waals surface area contributed by atoms with Crippen LogP contribution in [0.5, 0.6) is 0 Å². The quantitative estimate of drug-likeness (QED) is 0.0209. The number of aliphatic hydroxyl groups excluding tert-OH is 1. The van der Waals surface area contributed by atoms with Gasteiger partial charge in [0.1, 0.15) is 19.8 Å². The van der Waals surface area contributed by atoms with Gasteiger partial charge in [-0.3, -0.25) is 14.2 Å². The molecule has 0 radical (unpaired) electrons. The molecule has 0 rings (SSSR count). The first kappa shape index (κ1) is 58.4. The van der Waals surface area contributed by atoms with Crippen molar-refractivity contribution in [2.24, 2.45) is 0 Å². The monoisotopic (exact) mass is 878 g/mol. The lowest BCUT2D eigenvalue weighted by Crippen LogP contribution is -2.37. The lowest BCUT2D eigenvalue weighted by Gasteiger charge is -2.28. The number of carbonyl (C=O) groups is 2. The first-order valence-electron chi connectivity index (χ1n) is 23.7. The molecule has 0 aliphatic carbocycles. The van der Waals surface area contributed by atoms with Crippen LogP contribution in [0.1, 0.15) is 174 Å². The number of phosphoric acid groups is 1. The molecule has 0 amide bonds. The number of hydrogen-bond acceptors (Lipinski definition) is 9. The fourth-order valence-electron chi connectivity index (χ4n) is 5.95. The molecule has 0 spiro atoms. The molecule has 0 aliphatic heterocycles. The van der Waals surface area contributed by atoms with Gasteiger partial charge in [-0.05, 0) is 89.9 Å². The molecule has 0 fully saturated rings. The molecular weight excluding hydrogens is 790 g/mol. The lowest BCUT2D eigenvalue weighted by molar-refractivity contribution is -0.870. The second-order valence-corrected chi connectivity index (χ2v) is 18.3. The Morgan fingerprint density at radius 3 is 1.57 bits per heavy atom. The van der Waals surface area contributed by atoms with Crippen LogP contribution < -0.4 is 4.89 Å². The minimum Gasteiger partial charge on any atom is -0.756 e. The Kier molecular flexibility index (Phi) is 39.7. The van der Waals surface area contributed by atoms with Crippen molar-refractivity contribution in [1.29, 1.82) is 0 Å². The summed E-state index contributed by atoms with van der Waals surface area (Å²) in [5.41, 5.74) is 0. The van der Waals surface area contributed by atoms with E-state index in [0.29, 0.717) is 30.3 Å². The minimum absolute atomic E-state index is 0.0513. The number of aliphatic hydroxyl groups is 1. The predicted octanol–water partition coefficient (Wildman–Crippen LogP) is 12.1. The van der Waals surface area contributed by atoms with E-state index in [4.69, 9.17) is 18.5 Å². The first-order chi connectivity index (χ1) is 29.4. The number of carbonyl (C=O) groups excluding carboxylic acids is 2. The highest BCUT2D eigenvalue weighted by molar-refractivity contribution is 7.45. The van der Waals surface area contributed by atoms with Crippen LogP contribution in [0.15, 0.2) is 72.9 Å². The molecule has 0 heterocycles. The maximum absolute atomic E-state index is 12.7. The number of likely N-dealkylation sites (N-methyl/N-ethyl adjacent to an activating group) is 1. The molecule has 11 heteroatoms. The molecular formula is C50H88NO9P. The zero-order valence-corrected chi connectivity index (χ0v) is 40.1. The van der Waals surface area contributed by atoms with Gasteiger partial charge in [0.25, 0.3) is 7.82 Å². The number of ether oxygens (including phenoxy) is 2. The molecule has 352 valence electrons. The molecule has 0 aliphatic rings. The predicted molar refractivity (Wildman–Crippen MR) is 251 cm³/mol. The van der Waals surface area contributed by atoms with Crippen molar-refractivity contribution in [1.82, 2.24) is 0 Å². The van der Waals surface area contributed by atoms with Crippen molar-refractivity contribution in [3.8, 4) is 0 Å². The Hall–Kier alpha value is -2.59. The maximum atomic E-state index is 12.7. The van der Waals surface area contributed by atoms with Crippen molar-refractivity contribution in [3.63, 3.8) is 0 Å². The van der Waals surface area contributed by atoms with Crippen molar-refractivity contribution >= 4 is 19.8 Å². The van der Waals surface area contributed by atoms with E-state index in [9.17, 15) is 24.2 Å². The van der Waals surface area contributed by atoms with E-state index in [1.54, 1.807) is 0 Å². The van der Waals surface area contributed by atoms with E-state index < -0.39 is 32.5 Å². The number of esters is 2. The van der Waals surface area contributed by atoms with E-state index in [1.165, 1.54) is 57.8 Å². The molecule has 0 saturated carbocycles. The van der Waals surface area contributed by atoms with Crippen LogP contribution in [0.2, 0.25) is 0 Å². The third kappa shape index (κ3) is 45.3. The number of quaternary nitrogens is 1. The molecule has 0 aromatic carbocycles. The van der Waals surface area contributed by atoms with E-state index in [0.717, 1.165) is 70.6 Å². The van der Waals surface area contributed by atoms with Gasteiger partial charge in [-0.25, -0.2) is 0 Å². The van der Waals surface area contributed by atoms with Crippen molar-refractivity contribution in [2.75, 3.05) is 47.5 Å². The Labute approximate surface area is 372 Å². The highest BCUT2D eigenvalue weighted by Crippen LogP contribution is 2.38. The smallest absolute Gasteiger partial charge is 0.306 e. The molecule has 61 heavy (non-hydrogen) atoms. The number of nitrogens with zero attached hydrogens (tertiary/aromatic N) is 1. The molecule has 0 aromatic rings. The topological polar surface area (TPSA) is 131 Å². The van der Waals surface area contributed by atoms with Crippen LogP contribution in [-0.4, -0.2) is 81.2 Å². The van der Waals surface area contributed by atoms with Crippen LogP contribution in [0.25, 0.3) is 0 Å². The van der Waals surface area contributed by atoms with Crippen molar-refractivity contribution in [3.05, 3.63) is 72.9 Å². The Morgan fingerprint density at radius 2 is 1.05 bits per heavy atom. The Balaban J connectivity index is 4.42. The fourth-order valence-corrected chi connectivity index (χ4v) is 6.68. The van der Waals surface area contributed by atoms with Gasteiger partial charge in [-0.2, -0.15) is 0 Å². The van der Waals surface area contributed by atoms with Crippen molar-refractivity contribution < 1.29 is 47.2 Å². The van der Waals surface area contributed by atoms with Crippen LogP contribution in [0.3, 0.4) is 0 Å². The molecule has 0 saturated heterocycles. The summed E-state index contributed by atoms with van der Waals surface area (Å²) in [4.78, 5) is 37.6. The van der Waals surface area contributed by atoms with Crippen LogP contribution in [-0.2, 0) is 32.7 Å². The minimum atomic E-state index is -4.66. The van der Waals surface area contributed by atoms with Gasteiger partial charge in [0.2, 0.25) is 0 Å². The van der Waals surface area contributed by atoms with Gasteiger partial charge >= 0.3 is 11.9 Å². The number of phosphoric ester groups is 1. The van der Waals surface area contributed by atoms with E-state index in [1.807, 2.05) is 34.1 Å². The van der Waals surface area contributed by atoms with Gasteiger partial charge in [-0.15, -0.1) is 0 Å². The zero-order valence-electron chi connectivity index (χ0n) is 39.2. The average molecular weight is 878 g/mol. The summed E-state index contributed by atoms with van der Waals surface area (Å²) < 4.78 is 33.9. The summed E-state index contributed by atoms with van der Waals surface area (Å²) in [7, 11) is 1.10. The number of rotatable bonds is 42. The fraction of sp³-hybridized carbons (Fsp3) is 0.720. The first-order valence-corrected chi connectivity index (χ1v) is 25.2. The zero-order chi connectivity index (χ0) is 45.1. The van der Waals surface area contributed by atoms with Gasteiger partial charge < -0.3 is 33.0 Å². The summed E-state index contributed by atoms with van der Waals surface area (Å²) in [5.74, 6) is -0.927. The molecule has 0 bridgehead atoms. The second kappa shape index (κ2) is 41.4. The lowest BCUT2D eigenvalue weighted by atomic mass is 10.1. The third-order valence-corrected chi connectivity index (χ3v) is 10.8. The largest absolute Gasteiger partial charge is 0.756 e. The van der Waals surface area contributed by atoms with Crippen LogP contribution in [0.4, 0.5) is 0 Å². The molecule has 1 N–H and O–H groups in total. The van der Waals surface area contributed by atoms with E-state index in [-0.39, 0.29) is 32.2 Å². The SMILES string of the molecule is CCCCC/C=C\C/C=C\CCCCCCCCCCCC(=O)OC[C@H](COP(=O)([O-])OCC[N+](C)(C)C)OC(=O)CCC/C=C\C/C=C\C/C=C\C/C=C\CC[C@H](O)CC. The molecule has 10 nitrogen and oxygen atoms in total. The van der Waals surface area contributed by atoms with Gasteiger partial charge in [-0.1, -0.05) is 145 Å². The highest BCUT2D eigenvalue weighted by atomic mass is 31.2. The molecule has 3 atom stereocenters. The molecule has 0 aromatic heterocycles. The van der Waals surface area contributed by atoms with E-state index in [2.05, 4.69) is 73.8 Å². The average Bonchev–Trinajstić information content (AvgIpc) is 3.21. The second-order valence-electron chi connectivity index (χ2n) is 16.9. The maximum Gasteiger partial charge on any atom is 0.306 e. The summed E-state index contributed by atoms with van der Waals surface area (Å²) in [6.45, 7) is 3.84. The normalized spacial score (nSPS) is 14.7. The van der Waals surface area contributed by atoms with Crippen LogP contribution >= 0.6 is 7.82 Å². The summed E-state index contributed by atoms with van der Waals surface area (Å²) in [6.07, 6.45) is 48.8. The highest BCUT2D eigenvalue weighted by Gasteiger charge is 2.21. The van der Waals surface area contributed by atoms with E-state index >= 15 is 0 Å². The standard InChI is InChI=1S/C50H88NO9P/c1-6-8-9-10-11-12-13-14-15-16-17-18-19-23-26-29-32-35-38-41-49(53)57-45-48(46-59-61(55,56)58-44-43-51(3,4)5)60-50(54)42-39-36-33-30-27-24-21-20-22-25-28-31-34-37-40-47(52)7-2/h11-12,14-15,21-22,24-25,30-31,33-34,47-48,52H,6-10,13,16-20,23,26-29,32,35-46H2,1-5H3/b12-11-,15-14-,24-21-,25-22-,33-30-,34-31-/t47-,48-/m1/s1. The third-order valence-electron chi connectivity index (χ3n) is 9.86. The Morgan fingerprint density at radius 1 is 0.590 bits per heavy atom. The summed E-state index contributed by atoms with van der Waals surface area (Å²) in [6, 6.07) is 0. The Bertz CT molecular complexity index is 1280. The van der Waals surface area contributed by atoms with Gasteiger partial charge in [0, 0.05) is 12.8 Å². The van der Waals surface area contributed by atoms with Gasteiger partial charge in [0.05, 0.1) is 33.9 Å². The molecule has 1 unspecified atom stereocenters. The summed E-state index contributed by atoms with van der Waals surface area (Å²) in [5, 5.41) is 9.58. The summed E-state index contributed by atoms with van der Waals surface area (Å²) >= 11 is 0.